The second-order valence-corrected chi connectivity index (χ2v) is 11.0. The Kier molecular flexibility index (Phi) is 7.46. The quantitative estimate of drug-likeness (QED) is 0.232. The second kappa shape index (κ2) is 10.8. The number of fused-ring (bicyclic) bond motifs is 1. The van der Waals surface area contributed by atoms with Crippen LogP contribution in [0.1, 0.15) is 36.9 Å². The van der Waals surface area contributed by atoms with E-state index in [0.29, 0.717) is 41.1 Å². The highest BCUT2D eigenvalue weighted by molar-refractivity contribution is 9.10. The van der Waals surface area contributed by atoms with Gasteiger partial charge in [0.25, 0.3) is 5.56 Å². The summed E-state index contributed by atoms with van der Waals surface area (Å²) in [5.41, 5.74) is 1.70. The fourth-order valence-corrected chi connectivity index (χ4v) is 6.29. The number of hydrogen-bond donors (Lipinski definition) is 0. The molecular formula is C26H20BrFN4O4S2. The van der Waals surface area contributed by atoms with E-state index in [0.717, 1.165) is 5.69 Å². The van der Waals surface area contributed by atoms with E-state index in [1.165, 1.54) is 39.8 Å². The highest BCUT2D eigenvalue weighted by atomic mass is 79.9. The number of carbonyl (C=O) groups is 1. The first-order chi connectivity index (χ1) is 18.2. The van der Waals surface area contributed by atoms with Crippen LogP contribution in [0.25, 0.3) is 6.08 Å². The van der Waals surface area contributed by atoms with E-state index in [-0.39, 0.29) is 17.7 Å². The standard InChI is InChI=1S/C26H20BrFN4O4S2/c1-4-35-23(34)20-14(3)31-26-32(21(20)15-5-7-16(28)8-6-15)22(33)19(37-26)12-17-11-18(27)24(36-17)38-25-29-10-9-13(2)30-25/h5-12,21H,4H2,1-3H3/b19-12+/t21-/m1/s1. The molecule has 1 aliphatic heterocycles. The monoisotopic (exact) mass is 614 g/mol. The molecule has 0 aliphatic carbocycles. The van der Waals surface area contributed by atoms with E-state index in [1.54, 1.807) is 50.4 Å². The number of halogens is 2. The molecule has 0 saturated heterocycles. The van der Waals surface area contributed by atoms with Gasteiger partial charge in [0.1, 0.15) is 11.6 Å². The van der Waals surface area contributed by atoms with Gasteiger partial charge in [0.2, 0.25) is 0 Å². The number of esters is 1. The molecule has 0 bridgehead atoms. The Morgan fingerprint density at radius 3 is 2.76 bits per heavy atom. The third-order valence-electron chi connectivity index (χ3n) is 5.61. The SMILES string of the molecule is CCOC(=O)C1=C(C)N=c2s/c(=C/c3cc(Br)c(Sc4nccc(C)n4)o3)c(=O)n2[C@@H]1c1ccc(F)cc1. The van der Waals surface area contributed by atoms with Crippen LogP contribution in [-0.2, 0) is 9.53 Å². The van der Waals surface area contributed by atoms with E-state index in [1.807, 2.05) is 6.92 Å². The molecule has 3 aromatic heterocycles. The molecule has 0 spiro atoms. The molecule has 194 valence electrons. The smallest absolute Gasteiger partial charge is 0.338 e. The lowest BCUT2D eigenvalue weighted by Crippen LogP contribution is -2.39. The van der Waals surface area contributed by atoms with Crippen molar-refractivity contribution in [2.24, 2.45) is 4.99 Å². The first-order valence-corrected chi connectivity index (χ1v) is 13.9. The minimum absolute atomic E-state index is 0.164. The molecule has 4 aromatic rings. The van der Waals surface area contributed by atoms with Crippen LogP contribution < -0.4 is 14.9 Å². The molecule has 0 saturated carbocycles. The van der Waals surface area contributed by atoms with Crippen molar-refractivity contribution in [3.8, 4) is 0 Å². The maximum atomic E-state index is 13.7. The average molecular weight is 616 g/mol. The summed E-state index contributed by atoms with van der Waals surface area (Å²) in [7, 11) is 0. The molecule has 1 aromatic carbocycles. The van der Waals surface area contributed by atoms with Gasteiger partial charge in [-0.3, -0.25) is 9.36 Å². The molecule has 0 fully saturated rings. The van der Waals surface area contributed by atoms with Crippen molar-refractivity contribution in [2.75, 3.05) is 6.61 Å². The van der Waals surface area contributed by atoms with Crippen molar-refractivity contribution in [2.45, 2.75) is 37.1 Å². The van der Waals surface area contributed by atoms with E-state index < -0.39 is 17.8 Å². The highest BCUT2D eigenvalue weighted by Gasteiger charge is 2.33. The predicted molar refractivity (Wildman–Crippen MR) is 144 cm³/mol. The number of hydrogen-bond acceptors (Lipinski definition) is 9. The summed E-state index contributed by atoms with van der Waals surface area (Å²) in [6.07, 6.45) is 3.30. The van der Waals surface area contributed by atoms with Crippen LogP contribution in [0, 0.1) is 12.7 Å². The number of ether oxygens (including phenoxy) is 1. The van der Waals surface area contributed by atoms with Gasteiger partial charge in [-0.1, -0.05) is 23.5 Å². The third-order valence-corrected chi connectivity index (χ3v) is 8.31. The number of aromatic nitrogens is 3. The van der Waals surface area contributed by atoms with Crippen molar-refractivity contribution >= 4 is 51.1 Å². The molecule has 0 unspecified atom stereocenters. The molecule has 0 N–H and O–H groups in total. The molecule has 0 amide bonds. The van der Waals surface area contributed by atoms with Crippen LogP contribution in [0.5, 0.6) is 0 Å². The fourth-order valence-electron chi connectivity index (χ4n) is 3.95. The Bertz CT molecular complexity index is 1760. The summed E-state index contributed by atoms with van der Waals surface area (Å²) in [6, 6.07) is 8.43. The summed E-state index contributed by atoms with van der Waals surface area (Å²) >= 11 is 5.92. The van der Waals surface area contributed by atoms with Crippen LogP contribution >= 0.6 is 39.0 Å². The molecule has 8 nitrogen and oxygen atoms in total. The number of benzene rings is 1. The summed E-state index contributed by atoms with van der Waals surface area (Å²) in [6.45, 7) is 5.44. The summed E-state index contributed by atoms with van der Waals surface area (Å²) in [5, 5.41) is 1.08. The summed E-state index contributed by atoms with van der Waals surface area (Å²) in [4.78, 5) is 40.2. The number of furan rings is 1. The lowest BCUT2D eigenvalue weighted by atomic mass is 9.96. The van der Waals surface area contributed by atoms with Gasteiger partial charge in [-0.25, -0.2) is 24.1 Å². The molecule has 1 atom stereocenters. The van der Waals surface area contributed by atoms with E-state index in [9.17, 15) is 14.0 Å². The molecule has 1 aliphatic rings. The van der Waals surface area contributed by atoms with E-state index in [2.05, 4.69) is 30.9 Å². The lowest BCUT2D eigenvalue weighted by Gasteiger charge is -2.24. The third kappa shape index (κ3) is 5.16. The van der Waals surface area contributed by atoms with Gasteiger partial charge >= 0.3 is 5.97 Å². The Morgan fingerprint density at radius 2 is 2.05 bits per heavy atom. The highest BCUT2D eigenvalue weighted by Crippen LogP contribution is 2.35. The van der Waals surface area contributed by atoms with Gasteiger partial charge in [0.05, 0.1) is 32.9 Å². The second-order valence-electron chi connectivity index (χ2n) is 8.22. The number of thiazole rings is 1. The molecule has 4 heterocycles. The minimum Gasteiger partial charge on any atom is -0.463 e. The number of allylic oxidation sites excluding steroid dienone is 1. The van der Waals surface area contributed by atoms with Crippen molar-refractivity contribution in [1.82, 2.24) is 14.5 Å². The van der Waals surface area contributed by atoms with Gasteiger partial charge < -0.3 is 9.15 Å². The maximum absolute atomic E-state index is 13.7. The topological polar surface area (TPSA) is 99.6 Å². The first kappa shape index (κ1) is 26.3. The van der Waals surface area contributed by atoms with Crippen molar-refractivity contribution < 1.29 is 18.3 Å². The van der Waals surface area contributed by atoms with Crippen LogP contribution in [0.15, 0.2) is 82.8 Å². The van der Waals surface area contributed by atoms with Gasteiger partial charge in [0.15, 0.2) is 15.1 Å². The zero-order valence-corrected chi connectivity index (χ0v) is 23.6. The lowest BCUT2D eigenvalue weighted by molar-refractivity contribution is -0.139. The molecule has 12 heteroatoms. The Labute approximate surface area is 232 Å². The normalized spacial score (nSPS) is 15.4. The molecule has 38 heavy (non-hydrogen) atoms. The van der Waals surface area contributed by atoms with Crippen LogP contribution in [0.3, 0.4) is 0 Å². The largest absolute Gasteiger partial charge is 0.463 e. The fraction of sp³-hybridized carbons (Fsp3) is 0.192. The van der Waals surface area contributed by atoms with Crippen LogP contribution in [-0.4, -0.2) is 27.1 Å². The number of nitrogens with zero attached hydrogens (tertiary/aromatic N) is 4. The number of aryl methyl sites for hydroxylation is 1. The Hall–Kier alpha value is -3.35. The first-order valence-electron chi connectivity index (χ1n) is 11.5. The van der Waals surface area contributed by atoms with Crippen LogP contribution in [0.2, 0.25) is 0 Å². The van der Waals surface area contributed by atoms with Crippen LogP contribution in [0.4, 0.5) is 4.39 Å². The Morgan fingerprint density at radius 1 is 1.29 bits per heavy atom. The molecule has 5 rings (SSSR count). The van der Waals surface area contributed by atoms with Crippen molar-refractivity contribution in [1.29, 1.82) is 0 Å². The van der Waals surface area contributed by atoms with Crippen molar-refractivity contribution in [3.63, 3.8) is 0 Å². The summed E-state index contributed by atoms with van der Waals surface area (Å²) in [5.74, 6) is -0.558. The molecule has 0 radical (unpaired) electrons. The van der Waals surface area contributed by atoms with E-state index >= 15 is 0 Å². The number of carbonyl (C=O) groups excluding carboxylic acids is 1. The zero-order valence-electron chi connectivity index (χ0n) is 20.4. The average Bonchev–Trinajstić information content (AvgIpc) is 3.37. The number of rotatable bonds is 6. The van der Waals surface area contributed by atoms with Gasteiger partial charge in [-0.2, -0.15) is 0 Å². The predicted octanol–water partition coefficient (Wildman–Crippen LogP) is 4.54. The van der Waals surface area contributed by atoms with E-state index in [4.69, 9.17) is 9.15 Å². The summed E-state index contributed by atoms with van der Waals surface area (Å²) < 4.78 is 27.4. The van der Waals surface area contributed by atoms with Gasteiger partial charge in [-0.05, 0) is 78.3 Å². The van der Waals surface area contributed by atoms with Crippen molar-refractivity contribution in [3.05, 3.63) is 101 Å². The van der Waals surface area contributed by atoms with Gasteiger partial charge in [-0.15, -0.1) is 0 Å². The molecular weight excluding hydrogens is 595 g/mol. The maximum Gasteiger partial charge on any atom is 0.338 e. The minimum atomic E-state index is -0.819. The van der Waals surface area contributed by atoms with Gasteiger partial charge in [0, 0.05) is 18.0 Å². The zero-order chi connectivity index (χ0) is 27.0. The Balaban J connectivity index is 1.60.